The molecule has 9 nitrogen and oxygen atoms in total. The maximum Gasteiger partial charge on any atom is 0.137 e. The van der Waals surface area contributed by atoms with Crippen molar-refractivity contribution in [3.63, 3.8) is 0 Å². The van der Waals surface area contributed by atoms with E-state index in [0.717, 1.165) is 88.6 Å². The van der Waals surface area contributed by atoms with E-state index >= 15 is 0 Å². The van der Waals surface area contributed by atoms with Crippen molar-refractivity contribution in [2.45, 2.75) is 0 Å². The topological polar surface area (TPSA) is 69.0 Å². The molecule has 0 amide bonds. The van der Waals surface area contributed by atoms with Crippen molar-refractivity contribution in [2.24, 2.45) is 0 Å². The highest BCUT2D eigenvalue weighted by molar-refractivity contribution is 6.19. The van der Waals surface area contributed by atoms with Gasteiger partial charge in [0.1, 0.15) is 33.5 Å². The number of rotatable bonds is 11. The number of furan rings is 3. The monoisotopic (exact) mass is 1870 g/mol. The van der Waals surface area contributed by atoms with Crippen LogP contribution in [-0.4, -0.2) is 27.4 Å². The second-order valence-electron chi connectivity index (χ2n) is 38.5. The molecule has 686 valence electrons. The Kier molecular flexibility index (Phi) is 18.9. The first-order valence-electron chi connectivity index (χ1n) is 50.2. The molecule has 9 heteroatoms. The van der Waals surface area contributed by atoms with Crippen molar-refractivity contribution in [2.75, 3.05) is 0 Å². The van der Waals surface area contributed by atoms with Gasteiger partial charge < -0.3 is 40.7 Å². The van der Waals surface area contributed by atoms with Crippen LogP contribution in [0.25, 0.3) is 286 Å². The van der Waals surface area contributed by atoms with Crippen molar-refractivity contribution < 1.29 is 13.3 Å². The minimum atomic E-state index is 0.902. The van der Waals surface area contributed by atoms with Crippen molar-refractivity contribution in [1.82, 2.24) is 27.4 Å². The molecule has 32 aromatic rings. The minimum absolute atomic E-state index is 0.902. The number of hydrogen-bond acceptors (Lipinski definition) is 3. The van der Waals surface area contributed by atoms with Gasteiger partial charge in [0.15, 0.2) is 0 Å². The molecular formula is C138H86N6O3. The zero-order valence-electron chi connectivity index (χ0n) is 79.6. The Bertz CT molecular complexity index is 11000. The smallest absolute Gasteiger partial charge is 0.137 e. The molecule has 0 unspecified atom stereocenters. The van der Waals surface area contributed by atoms with E-state index in [1.165, 1.54) is 198 Å². The highest BCUT2D eigenvalue weighted by Crippen LogP contribution is 2.48. The molecule has 0 aliphatic heterocycles. The van der Waals surface area contributed by atoms with Gasteiger partial charge in [0.2, 0.25) is 0 Å². The standard InChI is InChI=1S/2C48H30N2O.C42H26N2O/c1-2-12-31(13-3-1)35-14-4-8-18-42(35)50-44-20-10-6-16-37(44)40-29-33(23-26-46(40)50)32-22-25-45-39(28-32)36-15-5-9-19-43(36)49(45)34-24-27-48-41(30-34)38-17-7-11-21-47(38)51-48;1-2-10-31(11-3-1)32-18-22-35(23-19-32)49-43-15-7-4-12-37(43)40-28-33(20-25-45(40)49)34-21-26-46-41(29-34)38-13-5-8-16-44(38)50(46)36-24-27-48-42(30-36)39-14-6-9-17-47(39)51-48;1-2-10-29(11-3-1)43-37-15-7-4-12-31(37)35-24-27(18-22-39(35)43)28-19-23-40-36(25-28)32-13-5-8-16-38(32)44(40)30-20-21-34-33-14-6-9-17-41(33)45-42(34)26-30/h2*1-30H;1-26H. The van der Waals surface area contributed by atoms with E-state index in [1.807, 2.05) is 36.4 Å². The van der Waals surface area contributed by atoms with E-state index in [1.54, 1.807) is 0 Å². The van der Waals surface area contributed by atoms with Crippen LogP contribution in [-0.2, 0) is 0 Å². The molecule has 0 saturated carbocycles. The molecule has 0 fully saturated rings. The van der Waals surface area contributed by atoms with Crippen molar-refractivity contribution in [3.8, 4) is 89.8 Å². The number of aromatic nitrogens is 6. The van der Waals surface area contributed by atoms with Crippen LogP contribution in [0.5, 0.6) is 0 Å². The fourth-order valence-corrected chi connectivity index (χ4v) is 23.7. The first-order valence-corrected chi connectivity index (χ1v) is 50.2. The van der Waals surface area contributed by atoms with Crippen LogP contribution in [0.15, 0.2) is 535 Å². The molecule has 9 aromatic heterocycles. The van der Waals surface area contributed by atoms with Gasteiger partial charge in [0, 0.05) is 137 Å². The Balaban J connectivity index is 0.000000102. The molecule has 0 bridgehead atoms. The molecular weight excluding hydrogens is 1790 g/mol. The summed E-state index contributed by atoms with van der Waals surface area (Å²) in [6.07, 6.45) is 0. The summed E-state index contributed by atoms with van der Waals surface area (Å²) < 4.78 is 32.9. The van der Waals surface area contributed by atoms with Crippen LogP contribution in [0, 0.1) is 0 Å². The van der Waals surface area contributed by atoms with Crippen LogP contribution in [0.4, 0.5) is 0 Å². The zero-order chi connectivity index (χ0) is 96.4. The highest BCUT2D eigenvalue weighted by atomic mass is 16.3. The number of hydrogen-bond donors (Lipinski definition) is 0. The molecule has 0 atom stereocenters. The first kappa shape index (κ1) is 83.1. The number of nitrogens with zero attached hydrogens (tertiary/aromatic N) is 6. The average Bonchev–Trinajstić information content (AvgIpc) is 1.60. The number of benzene rings is 23. The second kappa shape index (κ2) is 33.5. The third-order valence-electron chi connectivity index (χ3n) is 30.4. The van der Waals surface area contributed by atoms with Crippen LogP contribution in [0.3, 0.4) is 0 Å². The van der Waals surface area contributed by atoms with E-state index in [4.69, 9.17) is 13.3 Å². The Morgan fingerprint density at radius 1 is 0.109 bits per heavy atom. The number of para-hydroxylation sites is 11. The molecule has 0 spiro atoms. The van der Waals surface area contributed by atoms with Gasteiger partial charge in [-0.25, -0.2) is 0 Å². The summed E-state index contributed by atoms with van der Waals surface area (Å²) in [6.45, 7) is 0. The fraction of sp³-hybridized carbons (Fsp3) is 0. The van der Waals surface area contributed by atoms with Gasteiger partial charge in [-0.1, -0.05) is 309 Å². The quantitative estimate of drug-likeness (QED) is 0.130. The van der Waals surface area contributed by atoms with Crippen LogP contribution in [0.2, 0.25) is 0 Å². The molecule has 32 rings (SSSR count). The predicted molar refractivity (Wildman–Crippen MR) is 614 cm³/mol. The SMILES string of the molecule is c1ccc(-c2ccc(-n3c4ccccc4c4cc(-c5ccc6c(c5)c5ccccc5n6-c5ccc6oc7ccccc7c6c5)ccc43)cc2)cc1.c1ccc(-c2ccccc2-n2c3ccccc3c3cc(-c4ccc5c(c4)c4ccccc4n5-c4ccc5oc6ccccc6c5c4)ccc32)cc1.c1ccc(-n2c3ccccc3c3cc(-c4ccc5c(c4)c4ccccc4n5-c4ccc5c(c4)oc4ccccc45)ccc32)cc1. The van der Waals surface area contributed by atoms with Crippen LogP contribution >= 0.6 is 0 Å². The van der Waals surface area contributed by atoms with Gasteiger partial charge in [-0.2, -0.15) is 0 Å². The molecule has 0 aliphatic carbocycles. The minimum Gasteiger partial charge on any atom is -0.456 e. The molecule has 9 heterocycles. The van der Waals surface area contributed by atoms with Gasteiger partial charge in [0.25, 0.3) is 0 Å². The predicted octanol–water partition coefficient (Wildman–Crippen LogP) is 37.7. The lowest BCUT2D eigenvalue weighted by atomic mass is 10.0. The summed E-state index contributed by atoms with van der Waals surface area (Å²) in [5.74, 6) is 0. The Morgan fingerprint density at radius 3 is 0.721 bits per heavy atom. The third-order valence-corrected chi connectivity index (χ3v) is 30.4. The van der Waals surface area contributed by atoms with Gasteiger partial charge in [-0.3, -0.25) is 0 Å². The zero-order valence-corrected chi connectivity index (χ0v) is 79.6. The molecule has 0 saturated heterocycles. The third kappa shape index (κ3) is 13.4. The van der Waals surface area contributed by atoms with E-state index in [-0.39, 0.29) is 0 Å². The van der Waals surface area contributed by atoms with E-state index < -0.39 is 0 Å². The number of fused-ring (bicyclic) bond motifs is 27. The second-order valence-corrected chi connectivity index (χ2v) is 38.5. The molecule has 23 aromatic carbocycles. The normalized spacial score (nSPS) is 11.9. The van der Waals surface area contributed by atoms with Gasteiger partial charge >= 0.3 is 0 Å². The Morgan fingerprint density at radius 2 is 0.340 bits per heavy atom. The summed E-state index contributed by atoms with van der Waals surface area (Å²) >= 11 is 0. The molecule has 147 heavy (non-hydrogen) atoms. The molecule has 0 aliphatic rings. The lowest BCUT2D eigenvalue weighted by molar-refractivity contribution is 0.668. The first-order chi connectivity index (χ1) is 72.9. The summed E-state index contributed by atoms with van der Waals surface area (Å²) in [4.78, 5) is 0. The fourth-order valence-electron chi connectivity index (χ4n) is 23.7. The Hall–Kier alpha value is -19.7. The van der Waals surface area contributed by atoms with E-state index in [2.05, 4.69) is 513 Å². The van der Waals surface area contributed by atoms with Crippen molar-refractivity contribution in [1.29, 1.82) is 0 Å². The maximum atomic E-state index is 6.27. The largest absolute Gasteiger partial charge is 0.456 e. The molecule has 0 radical (unpaired) electrons. The lowest BCUT2D eigenvalue weighted by Gasteiger charge is -2.14. The maximum absolute atomic E-state index is 6.27. The van der Waals surface area contributed by atoms with Crippen LogP contribution < -0.4 is 0 Å². The van der Waals surface area contributed by atoms with Gasteiger partial charge in [-0.15, -0.1) is 0 Å². The van der Waals surface area contributed by atoms with Gasteiger partial charge in [0.05, 0.1) is 71.9 Å². The summed E-state index contributed by atoms with van der Waals surface area (Å²) in [5.41, 5.74) is 38.7. The lowest BCUT2D eigenvalue weighted by Crippen LogP contribution is -1.97. The highest BCUT2D eigenvalue weighted by Gasteiger charge is 2.25. The van der Waals surface area contributed by atoms with Crippen LogP contribution in [0.1, 0.15) is 0 Å². The van der Waals surface area contributed by atoms with E-state index in [9.17, 15) is 0 Å². The van der Waals surface area contributed by atoms with Crippen molar-refractivity contribution >= 4 is 197 Å². The average molecular weight is 1880 g/mol. The van der Waals surface area contributed by atoms with E-state index in [0.29, 0.717) is 0 Å². The van der Waals surface area contributed by atoms with Gasteiger partial charge in [-0.05, 0) is 256 Å². The van der Waals surface area contributed by atoms with Crippen molar-refractivity contribution in [3.05, 3.63) is 522 Å². The Labute approximate surface area is 842 Å². The molecule has 0 N–H and O–H groups in total. The summed E-state index contributed by atoms with van der Waals surface area (Å²) in [7, 11) is 0. The summed E-state index contributed by atoms with van der Waals surface area (Å²) in [5, 5.41) is 21.8. The summed E-state index contributed by atoms with van der Waals surface area (Å²) in [6, 6.07) is 188.